The zero-order chi connectivity index (χ0) is 19.9. The number of para-hydroxylation sites is 3. The third-order valence-electron chi connectivity index (χ3n) is 4.63. The van der Waals surface area contributed by atoms with Gasteiger partial charge in [0.1, 0.15) is 5.75 Å². The van der Waals surface area contributed by atoms with Crippen molar-refractivity contribution in [1.82, 2.24) is 10.2 Å². The third-order valence-corrected chi connectivity index (χ3v) is 4.63. The van der Waals surface area contributed by atoms with Crippen molar-refractivity contribution >= 4 is 23.2 Å². The lowest BCUT2D eigenvalue weighted by atomic mass is 9.99. The van der Waals surface area contributed by atoms with Crippen LogP contribution in [0.3, 0.4) is 0 Å². The van der Waals surface area contributed by atoms with Crippen LogP contribution in [0.5, 0.6) is 11.5 Å². The summed E-state index contributed by atoms with van der Waals surface area (Å²) in [6, 6.07) is 20.7. The number of benzene rings is 2. The van der Waals surface area contributed by atoms with E-state index in [9.17, 15) is 4.79 Å². The molecule has 1 aliphatic rings. The van der Waals surface area contributed by atoms with Gasteiger partial charge in [0.2, 0.25) is 5.91 Å². The highest BCUT2D eigenvalue weighted by Crippen LogP contribution is 2.31. The first-order chi connectivity index (χ1) is 14.3. The number of carbonyl (C=O) groups excluding carboxylic acids is 1. The van der Waals surface area contributed by atoms with Gasteiger partial charge in [0, 0.05) is 19.1 Å². The van der Waals surface area contributed by atoms with Gasteiger partial charge < -0.3 is 20.1 Å². The van der Waals surface area contributed by atoms with Gasteiger partial charge in [-0.15, -0.1) is 10.2 Å². The molecular weight excluding hydrogens is 368 g/mol. The molecule has 148 valence electrons. The molecule has 2 aromatic carbocycles. The molecule has 29 heavy (non-hydrogen) atoms. The van der Waals surface area contributed by atoms with Crippen molar-refractivity contribution in [3.8, 4) is 11.5 Å². The molecule has 0 saturated carbocycles. The minimum absolute atomic E-state index is 0.0367. The quantitative estimate of drug-likeness (QED) is 0.650. The number of nitrogens with one attached hydrogen (secondary N) is 2. The monoisotopic (exact) mass is 390 g/mol. The van der Waals surface area contributed by atoms with Crippen LogP contribution in [0, 0.1) is 5.92 Å². The summed E-state index contributed by atoms with van der Waals surface area (Å²) in [4.78, 5) is 12.3. The van der Waals surface area contributed by atoms with Gasteiger partial charge in [-0.25, -0.2) is 0 Å². The van der Waals surface area contributed by atoms with Crippen LogP contribution in [-0.2, 0) is 9.53 Å². The SMILES string of the molecule is O=C(Nc1ccc(Nc2ccccc2Oc2ccccc2)nn1)C1CCOCC1. The second kappa shape index (κ2) is 9.16. The minimum atomic E-state index is -0.0371. The molecular formula is C22H22N4O3. The first-order valence-corrected chi connectivity index (χ1v) is 9.59. The van der Waals surface area contributed by atoms with Crippen molar-refractivity contribution in [1.29, 1.82) is 0 Å². The van der Waals surface area contributed by atoms with E-state index in [1.54, 1.807) is 12.1 Å². The highest BCUT2D eigenvalue weighted by Gasteiger charge is 2.21. The Morgan fingerprint density at radius 1 is 0.897 bits per heavy atom. The lowest BCUT2D eigenvalue weighted by molar-refractivity contribution is -0.122. The summed E-state index contributed by atoms with van der Waals surface area (Å²) in [5, 5.41) is 14.3. The molecule has 4 rings (SSSR count). The van der Waals surface area contributed by atoms with Gasteiger partial charge in [0.25, 0.3) is 0 Å². The standard InChI is InChI=1S/C22H22N4O3/c27-22(16-12-14-28-15-13-16)24-21-11-10-20(25-26-21)23-18-8-4-5-9-19(18)29-17-6-2-1-3-7-17/h1-11,16H,12-15H2,(H,23,25)(H,24,26,27). The Morgan fingerprint density at radius 3 is 2.34 bits per heavy atom. The van der Waals surface area contributed by atoms with Crippen LogP contribution in [0.2, 0.25) is 0 Å². The maximum atomic E-state index is 12.3. The highest BCUT2D eigenvalue weighted by atomic mass is 16.5. The minimum Gasteiger partial charge on any atom is -0.455 e. The summed E-state index contributed by atoms with van der Waals surface area (Å²) in [5.74, 6) is 2.34. The van der Waals surface area contributed by atoms with Crippen LogP contribution < -0.4 is 15.4 Å². The number of amides is 1. The number of carbonyl (C=O) groups is 1. The number of ether oxygens (including phenoxy) is 2. The van der Waals surface area contributed by atoms with Gasteiger partial charge in [0.05, 0.1) is 5.69 Å². The van der Waals surface area contributed by atoms with E-state index >= 15 is 0 Å². The summed E-state index contributed by atoms with van der Waals surface area (Å²) in [6.45, 7) is 1.24. The van der Waals surface area contributed by atoms with E-state index in [1.807, 2.05) is 54.6 Å². The Balaban J connectivity index is 1.41. The van der Waals surface area contributed by atoms with E-state index < -0.39 is 0 Å². The Labute approximate surface area is 169 Å². The molecule has 7 heteroatoms. The summed E-state index contributed by atoms with van der Waals surface area (Å²) in [6.07, 6.45) is 1.47. The Morgan fingerprint density at radius 2 is 1.59 bits per heavy atom. The number of anilines is 3. The van der Waals surface area contributed by atoms with E-state index in [4.69, 9.17) is 9.47 Å². The molecule has 0 spiro atoms. The van der Waals surface area contributed by atoms with Gasteiger partial charge >= 0.3 is 0 Å². The zero-order valence-electron chi connectivity index (χ0n) is 15.9. The number of aromatic nitrogens is 2. The zero-order valence-corrected chi connectivity index (χ0v) is 15.9. The molecule has 7 nitrogen and oxygen atoms in total. The molecule has 0 atom stereocenters. The van der Waals surface area contributed by atoms with Crippen LogP contribution in [0.4, 0.5) is 17.3 Å². The summed E-state index contributed by atoms with van der Waals surface area (Å²) < 4.78 is 11.2. The number of nitrogens with zero attached hydrogens (tertiary/aromatic N) is 2. The second-order valence-corrected chi connectivity index (χ2v) is 6.72. The van der Waals surface area contributed by atoms with Crippen molar-refractivity contribution in [2.75, 3.05) is 23.8 Å². The van der Waals surface area contributed by atoms with E-state index in [-0.39, 0.29) is 11.8 Å². The molecule has 0 bridgehead atoms. The van der Waals surface area contributed by atoms with E-state index in [0.29, 0.717) is 30.6 Å². The van der Waals surface area contributed by atoms with E-state index in [1.165, 1.54) is 0 Å². The summed E-state index contributed by atoms with van der Waals surface area (Å²) in [7, 11) is 0. The highest BCUT2D eigenvalue weighted by molar-refractivity contribution is 5.91. The van der Waals surface area contributed by atoms with Gasteiger partial charge in [-0.2, -0.15) is 0 Å². The molecule has 1 saturated heterocycles. The molecule has 2 N–H and O–H groups in total. The fourth-order valence-electron chi connectivity index (χ4n) is 3.07. The number of hydrogen-bond donors (Lipinski definition) is 2. The van der Waals surface area contributed by atoms with Crippen LogP contribution in [0.1, 0.15) is 12.8 Å². The van der Waals surface area contributed by atoms with Crippen molar-refractivity contribution in [3.05, 3.63) is 66.7 Å². The third kappa shape index (κ3) is 5.08. The van der Waals surface area contributed by atoms with E-state index in [2.05, 4.69) is 20.8 Å². The van der Waals surface area contributed by atoms with E-state index in [0.717, 1.165) is 24.3 Å². The molecule has 1 amide bonds. The summed E-state index contributed by atoms with van der Waals surface area (Å²) >= 11 is 0. The molecule has 1 aromatic heterocycles. The maximum Gasteiger partial charge on any atom is 0.228 e. The first kappa shape index (κ1) is 18.9. The number of hydrogen-bond acceptors (Lipinski definition) is 6. The van der Waals surface area contributed by atoms with Crippen LogP contribution in [0.15, 0.2) is 66.7 Å². The van der Waals surface area contributed by atoms with Crippen molar-refractivity contribution < 1.29 is 14.3 Å². The lowest BCUT2D eigenvalue weighted by Crippen LogP contribution is -2.28. The van der Waals surface area contributed by atoms with Gasteiger partial charge in [0.15, 0.2) is 17.4 Å². The Bertz CT molecular complexity index is 942. The van der Waals surface area contributed by atoms with Crippen molar-refractivity contribution in [2.24, 2.45) is 5.92 Å². The van der Waals surface area contributed by atoms with Gasteiger partial charge in [-0.1, -0.05) is 30.3 Å². The fraction of sp³-hybridized carbons (Fsp3) is 0.227. The molecule has 1 fully saturated rings. The van der Waals surface area contributed by atoms with Gasteiger partial charge in [-0.3, -0.25) is 4.79 Å². The maximum absolute atomic E-state index is 12.3. The van der Waals surface area contributed by atoms with Crippen molar-refractivity contribution in [3.63, 3.8) is 0 Å². The molecule has 0 radical (unpaired) electrons. The molecule has 2 heterocycles. The average molecular weight is 390 g/mol. The Kier molecular flexibility index (Phi) is 5.97. The first-order valence-electron chi connectivity index (χ1n) is 9.59. The molecule has 0 aliphatic carbocycles. The Hall–Kier alpha value is -3.45. The fourth-order valence-corrected chi connectivity index (χ4v) is 3.07. The van der Waals surface area contributed by atoms with Crippen LogP contribution in [0.25, 0.3) is 0 Å². The summed E-state index contributed by atoms with van der Waals surface area (Å²) in [5.41, 5.74) is 0.768. The second-order valence-electron chi connectivity index (χ2n) is 6.72. The smallest absolute Gasteiger partial charge is 0.228 e. The normalized spacial score (nSPS) is 14.2. The predicted octanol–water partition coefficient (Wildman–Crippen LogP) is 4.38. The van der Waals surface area contributed by atoms with Crippen LogP contribution in [-0.4, -0.2) is 29.3 Å². The van der Waals surface area contributed by atoms with Crippen LogP contribution >= 0.6 is 0 Å². The largest absolute Gasteiger partial charge is 0.455 e. The molecule has 3 aromatic rings. The average Bonchev–Trinajstić information content (AvgIpc) is 2.78. The van der Waals surface area contributed by atoms with Gasteiger partial charge in [-0.05, 0) is 49.2 Å². The predicted molar refractivity (Wildman–Crippen MR) is 110 cm³/mol. The molecule has 1 aliphatic heterocycles. The lowest BCUT2D eigenvalue weighted by Gasteiger charge is -2.20. The number of rotatable bonds is 6. The molecule has 0 unspecified atom stereocenters. The van der Waals surface area contributed by atoms with Crippen molar-refractivity contribution in [2.45, 2.75) is 12.8 Å². The topological polar surface area (TPSA) is 85.4 Å².